The number of carbonyl (C=O) groups excluding carboxylic acids is 1. The minimum absolute atomic E-state index is 0.115. The lowest BCUT2D eigenvalue weighted by atomic mass is 10.0. The molecule has 18 heavy (non-hydrogen) atoms. The zero-order valence-corrected chi connectivity index (χ0v) is 10.4. The average Bonchev–Trinajstić information content (AvgIpc) is 2.71. The molecular weight excluding hydrogens is 228 g/mol. The van der Waals surface area contributed by atoms with Crippen LogP contribution in [0.25, 0.3) is 0 Å². The highest BCUT2D eigenvalue weighted by atomic mass is 16.2. The number of carbonyl (C=O) groups is 1. The van der Waals surface area contributed by atoms with Gasteiger partial charge in [-0.25, -0.2) is 0 Å². The van der Waals surface area contributed by atoms with Crippen molar-refractivity contribution < 1.29 is 4.79 Å². The van der Waals surface area contributed by atoms with Gasteiger partial charge in [0, 0.05) is 6.04 Å². The van der Waals surface area contributed by atoms with Crippen molar-refractivity contribution in [3.8, 4) is 0 Å². The van der Waals surface area contributed by atoms with E-state index in [0.29, 0.717) is 17.4 Å². The fourth-order valence-electron chi connectivity index (χ4n) is 4.35. The molecule has 0 spiro atoms. The SMILES string of the molecule is Cc1[nH]nc(C(=O)NC2C3C4CCC(C4)C23)c1N. The summed E-state index contributed by atoms with van der Waals surface area (Å²) in [6.45, 7) is 1.82. The van der Waals surface area contributed by atoms with E-state index >= 15 is 0 Å². The number of fused-ring (bicyclic) bond motifs is 5. The number of rotatable bonds is 2. The van der Waals surface area contributed by atoms with Gasteiger partial charge < -0.3 is 11.1 Å². The van der Waals surface area contributed by atoms with Crippen LogP contribution in [0.2, 0.25) is 0 Å². The predicted octanol–water partition coefficient (Wildman–Crippen LogP) is 1.07. The molecule has 3 aliphatic rings. The summed E-state index contributed by atoms with van der Waals surface area (Å²) in [7, 11) is 0. The molecule has 5 nitrogen and oxygen atoms in total. The van der Waals surface area contributed by atoms with E-state index in [1.165, 1.54) is 19.3 Å². The van der Waals surface area contributed by atoms with E-state index in [4.69, 9.17) is 5.73 Å². The minimum atomic E-state index is -0.115. The van der Waals surface area contributed by atoms with Crippen LogP contribution in [0.3, 0.4) is 0 Å². The van der Waals surface area contributed by atoms with Gasteiger partial charge in [-0.3, -0.25) is 9.89 Å². The van der Waals surface area contributed by atoms with Gasteiger partial charge in [0.25, 0.3) is 5.91 Å². The molecule has 3 fully saturated rings. The first-order valence-corrected chi connectivity index (χ1v) is 6.78. The Bertz CT molecular complexity index is 507. The summed E-state index contributed by atoms with van der Waals surface area (Å²) in [5.74, 6) is 3.10. The average molecular weight is 246 g/mol. The monoisotopic (exact) mass is 246 g/mol. The maximum absolute atomic E-state index is 12.1. The van der Waals surface area contributed by atoms with Crippen LogP contribution in [0.15, 0.2) is 0 Å². The Morgan fingerprint density at radius 1 is 1.39 bits per heavy atom. The second-order valence-corrected chi connectivity index (χ2v) is 6.10. The normalized spacial score (nSPS) is 39.7. The van der Waals surface area contributed by atoms with Gasteiger partial charge in [0.1, 0.15) is 0 Å². The predicted molar refractivity (Wildman–Crippen MR) is 66.8 cm³/mol. The lowest BCUT2D eigenvalue weighted by Gasteiger charge is -2.09. The van der Waals surface area contributed by atoms with Crippen LogP contribution in [0.5, 0.6) is 0 Å². The molecule has 4 N–H and O–H groups in total. The van der Waals surface area contributed by atoms with E-state index in [2.05, 4.69) is 15.5 Å². The van der Waals surface area contributed by atoms with E-state index in [0.717, 1.165) is 29.4 Å². The van der Waals surface area contributed by atoms with Crippen LogP contribution in [0.4, 0.5) is 5.69 Å². The van der Waals surface area contributed by atoms with Crippen LogP contribution >= 0.6 is 0 Å². The number of aromatic amines is 1. The molecule has 0 aromatic carbocycles. The zero-order valence-electron chi connectivity index (χ0n) is 10.4. The van der Waals surface area contributed by atoms with Crippen molar-refractivity contribution in [1.29, 1.82) is 0 Å². The molecule has 4 rings (SSSR count). The lowest BCUT2D eigenvalue weighted by molar-refractivity contribution is 0.0940. The third-order valence-electron chi connectivity index (χ3n) is 5.24. The highest BCUT2D eigenvalue weighted by Gasteiger charge is 2.65. The van der Waals surface area contributed by atoms with Crippen molar-refractivity contribution in [1.82, 2.24) is 15.5 Å². The minimum Gasteiger partial charge on any atom is -0.395 e. The molecule has 5 heteroatoms. The summed E-state index contributed by atoms with van der Waals surface area (Å²) in [4.78, 5) is 12.1. The van der Waals surface area contributed by atoms with Crippen LogP contribution in [-0.4, -0.2) is 22.1 Å². The Balaban J connectivity index is 1.48. The van der Waals surface area contributed by atoms with Gasteiger partial charge in [0.05, 0.1) is 11.4 Å². The first-order chi connectivity index (χ1) is 8.66. The standard InChI is InChI=1S/C13H18N4O/c1-5-10(14)12(17-16-5)13(18)15-11-8-6-2-3-7(4-6)9(8)11/h6-9,11H,2-4,14H2,1H3,(H,15,18)(H,16,17). The Morgan fingerprint density at radius 2 is 2.06 bits per heavy atom. The van der Waals surface area contributed by atoms with E-state index in [1.54, 1.807) is 0 Å². The Labute approximate surface area is 106 Å². The fourth-order valence-corrected chi connectivity index (χ4v) is 4.35. The largest absolute Gasteiger partial charge is 0.395 e. The van der Waals surface area contributed by atoms with Crippen LogP contribution in [0.1, 0.15) is 35.4 Å². The number of nitrogens with one attached hydrogen (secondary N) is 2. The third kappa shape index (κ3) is 1.22. The van der Waals surface area contributed by atoms with Gasteiger partial charge in [0.2, 0.25) is 0 Å². The number of amides is 1. The molecule has 2 bridgehead atoms. The van der Waals surface area contributed by atoms with Crippen LogP contribution in [-0.2, 0) is 0 Å². The number of nitrogens with zero attached hydrogens (tertiary/aromatic N) is 1. The summed E-state index contributed by atoms with van der Waals surface area (Å²) >= 11 is 0. The maximum atomic E-state index is 12.1. The van der Waals surface area contributed by atoms with Crippen molar-refractivity contribution in [3.05, 3.63) is 11.4 Å². The molecule has 3 aliphatic carbocycles. The number of hydrogen-bond donors (Lipinski definition) is 3. The van der Waals surface area contributed by atoms with Crippen LogP contribution in [0, 0.1) is 30.6 Å². The first kappa shape index (κ1) is 10.4. The van der Waals surface area contributed by atoms with Crippen molar-refractivity contribution in [2.45, 2.75) is 32.2 Å². The van der Waals surface area contributed by atoms with Crippen molar-refractivity contribution in [2.24, 2.45) is 23.7 Å². The van der Waals surface area contributed by atoms with Gasteiger partial charge in [-0.1, -0.05) is 0 Å². The van der Waals surface area contributed by atoms with Gasteiger partial charge in [-0.15, -0.1) is 0 Å². The maximum Gasteiger partial charge on any atom is 0.274 e. The smallest absolute Gasteiger partial charge is 0.274 e. The third-order valence-corrected chi connectivity index (χ3v) is 5.24. The molecule has 1 heterocycles. The summed E-state index contributed by atoms with van der Waals surface area (Å²) in [6.07, 6.45) is 4.12. The first-order valence-electron chi connectivity index (χ1n) is 6.78. The number of aromatic nitrogens is 2. The molecule has 96 valence electrons. The molecule has 4 unspecified atom stereocenters. The Morgan fingerprint density at radius 3 is 2.61 bits per heavy atom. The molecular formula is C13H18N4O. The topological polar surface area (TPSA) is 83.8 Å². The fraction of sp³-hybridized carbons (Fsp3) is 0.692. The summed E-state index contributed by atoms with van der Waals surface area (Å²) < 4.78 is 0. The van der Waals surface area contributed by atoms with Gasteiger partial charge in [-0.2, -0.15) is 5.10 Å². The summed E-state index contributed by atoms with van der Waals surface area (Å²) in [5, 5.41) is 9.86. The van der Waals surface area contributed by atoms with E-state index in [9.17, 15) is 4.79 Å². The molecule has 0 aliphatic heterocycles. The van der Waals surface area contributed by atoms with E-state index in [-0.39, 0.29) is 5.91 Å². The molecule has 3 saturated carbocycles. The molecule has 0 radical (unpaired) electrons. The zero-order chi connectivity index (χ0) is 12.4. The number of nitrogen functional groups attached to an aromatic ring is 1. The van der Waals surface area contributed by atoms with Gasteiger partial charge >= 0.3 is 0 Å². The van der Waals surface area contributed by atoms with Gasteiger partial charge in [-0.05, 0) is 49.9 Å². The van der Waals surface area contributed by atoms with E-state index in [1.807, 2.05) is 6.92 Å². The number of hydrogen-bond acceptors (Lipinski definition) is 3. The quantitative estimate of drug-likeness (QED) is 0.730. The second kappa shape index (κ2) is 3.28. The van der Waals surface area contributed by atoms with E-state index < -0.39 is 0 Å². The summed E-state index contributed by atoms with van der Waals surface area (Å²) in [5.41, 5.74) is 7.41. The number of nitrogens with two attached hydrogens (primary N) is 1. The Kier molecular flexibility index (Phi) is 1.89. The van der Waals surface area contributed by atoms with Crippen molar-refractivity contribution in [2.75, 3.05) is 5.73 Å². The lowest BCUT2D eigenvalue weighted by Crippen LogP contribution is -2.30. The van der Waals surface area contributed by atoms with Crippen molar-refractivity contribution in [3.63, 3.8) is 0 Å². The number of anilines is 1. The summed E-state index contributed by atoms with van der Waals surface area (Å²) in [6, 6.07) is 0.389. The molecule has 4 atom stereocenters. The van der Waals surface area contributed by atoms with Gasteiger partial charge in [0.15, 0.2) is 5.69 Å². The highest BCUT2D eigenvalue weighted by Crippen LogP contribution is 2.65. The second-order valence-electron chi connectivity index (χ2n) is 6.10. The van der Waals surface area contributed by atoms with Crippen LogP contribution < -0.4 is 11.1 Å². The number of aryl methyl sites for hydroxylation is 1. The molecule has 1 aromatic rings. The Hall–Kier alpha value is -1.52. The molecule has 0 saturated heterocycles. The highest BCUT2D eigenvalue weighted by molar-refractivity contribution is 5.98. The molecule has 1 amide bonds. The van der Waals surface area contributed by atoms with Crippen molar-refractivity contribution >= 4 is 11.6 Å². The number of H-pyrrole nitrogens is 1. The molecule has 1 aromatic heterocycles.